The van der Waals surface area contributed by atoms with Gasteiger partial charge in [0.15, 0.2) is 0 Å². The maximum Gasteiger partial charge on any atom is 0.410 e. The van der Waals surface area contributed by atoms with Gasteiger partial charge < -0.3 is 9.64 Å². The largest absolute Gasteiger partial charge is 0.445 e. The summed E-state index contributed by atoms with van der Waals surface area (Å²) in [4.78, 5) is 12.7. The molecule has 5 heteroatoms. The fourth-order valence-corrected chi connectivity index (χ4v) is 2.20. The van der Waals surface area contributed by atoms with Gasteiger partial charge in [0.1, 0.15) is 12.8 Å². The normalized spacial score (nSPS) is 23.8. The summed E-state index contributed by atoms with van der Waals surface area (Å²) in [6.45, 7) is 0.679. The van der Waals surface area contributed by atoms with E-state index < -0.39 is 12.3 Å². The lowest BCUT2D eigenvalue weighted by atomic mass is 10.2. The summed E-state index contributed by atoms with van der Waals surface area (Å²) in [6.07, 6.45) is -1.47. The number of ether oxygens (including phenoxy) is 1. The number of carbonyl (C=O) groups is 1. The van der Waals surface area contributed by atoms with Crippen molar-refractivity contribution in [1.82, 2.24) is 4.90 Å². The van der Waals surface area contributed by atoms with Crippen LogP contribution in [0.25, 0.3) is 0 Å². The fraction of sp³-hybridized carbons (Fsp3) is 0.417. The predicted octanol–water partition coefficient (Wildman–Crippen LogP) is 2.74. The summed E-state index contributed by atoms with van der Waals surface area (Å²) < 4.78 is 18.3. The highest BCUT2D eigenvalue weighted by Crippen LogP contribution is 2.21. The maximum atomic E-state index is 13.2. The Morgan fingerprint density at radius 3 is 2.71 bits per heavy atom. The number of halogens is 2. The third-order valence-electron chi connectivity index (χ3n) is 2.65. The van der Waals surface area contributed by atoms with Crippen molar-refractivity contribution in [1.29, 1.82) is 0 Å². The van der Waals surface area contributed by atoms with Gasteiger partial charge in [-0.3, -0.25) is 0 Å². The molecule has 1 aromatic carbocycles. The molecule has 2 rings (SSSR count). The van der Waals surface area contributed by atoms with Crippen LogP contribution in [0.1, 0.15) is 5.56 Å². The van der Waals surface area contributed by atoms with E-state index in [2.05, 4.69) is 15.9 Å². The smallest absolute Gasteiger partial charge is 0.410 e. The summed E-state index contributed by atoms with van der Waals surface area (Å²) in [5.41, 5.74) is 0.923. The summed E-state index contributed by atoms with van der Waals surface area (Å²) in [5, 5.41) is 0. The highest BCUT2D eigenvalue weighted by molar-refractivity contribution is 9.09. The Bertz CT molecular complexity index is 377. The molecule has 0 unspecified atom stereocenters. The van der Waals surface area contributed by atoms with Crippen molar-refractivity contribution in [3.05, 3.63) is 35.9 Å². The van der Waals surface area contributed by atoms with E-state index in [0.717, 1.165) is 5.56 Å². The molecule has 0 N–H and O–H groups in total. The second-order valence-electron chi connectivity index (χ2n) is 3.98. The van der Waals surface area contributed by atoms with Crippen molar-refractivity contribution in [2.75, 3.05) is 13.1 Å². The van der Waals surface area contributed by atoms with Gasteiger partial charge in [-0.05, 0) is 5.56 Å². The minimum atomic E-state index is -1.01. The molecule has 3 nitrogen and oxygen atoms in total. The average molecular weight is 302 g/mol. The first-order valence-corrected chi connectivity index (χ1v) is 6.32. The lowest BCUT2D eigenvalue weighted by molar-refractivity contribution is 0.102. The van der Waals surface area contributed by atoms with Crippen LogP contribution in [0.5, 0.6) is 0 Å². The monoisotopic (exact) mass is 301 g/mol. The molecule has 0 aromatic heterocycles. The quantitative estimate of drug-likeness (QED) is 0.786. The first-order chi connectivity index (χ1) is 8.16. The van der Waals surface area contributed by atoms with Gasteiger partial charge in [-0.25, -0.2) is 9.18 Å². The fourth-order valence-electron chi connectivity index (χ4n) is 1.68. The van der Waals surface area contributed by atoms with Crippen LogP contribution in [0.4, 0.5) is 9.18 Å². The maximum absolute atomic E-state index is 13.2. The lowest BCUT2D eigenvalue weighted by Gasteiger charge is -2.15. The number of nitrogens with zero attached hydrogens (tertiary/aromatic N) is 1. The molecule has 1 saturated heterocycles. The number of amides is 1. The van der Waals surface area contributed by atoms with Crippen LogP contribution in [-0.2, 0) is 11.3 Å². The highest BCUT2D eigenvalue weighted by atomic mass is 79.9. The second-order valence-corrected chi connectivity index (χ2v) is 5.15. The summed E-state index contributed by atoms with van der Waals surface area (Å²) in [5.74, 6) is 0. The van der Waals surface area contributed by atoms with Crippen LogP contribution in [0.3, 0.4) is 0 Å². The van der Waals surface area contributed by atoms with E-state index in [1.807, 2.05) is 30.3 Å². The minimum absolute atomic E-state index is 0.101. The number of hydrogen-bond acceptors (Lipinski definition) is 2. The zero-order valence-electron chi connectivity index (χ0n) is 9.18. The lowest BCUT2D eigenvalue weighted by Crippen LogP contribution is -2.29. The number of benzene rings is 1. The molecule has 1 heterocycles. The molecule has 92 valence electrons. The van der Waals surface area contributed by atoms with Gasteiger partial charge in [-0.1, -0.05) is 46.3 Å². The average Bonchev–Trinajstić information content (AvgIpc) is 2.68. The Kier molecular flexibility index (Phi) is 3.99. The molecule has 17 heavy (non-hydrogen) atoms. The summed E-state index contributed by atoms with van der Waals surface area (Å²) in [7, 11) is 0. The van der Waals surface area contributed by atoms with Crippen molar-refractivity contribution in [2.45, 2.75) is 17.6 Å². The molecule has 0 aliphatic carbocycles. The first kappa shape index (κ1) is 12.4. The Labute approximate surface area is 108 Å². The van der Waals surface area contributed by atoms with Crippen LogP contribution in [0.2, 0.25) is 0 Å². The van der Waals surface area contributed by atoms with E-state index in [0.29, 0.717) is 6.54 Å². The van der Waals surface area contributed by atoms with Gasteiger partial charge in [-0.2, -0.15) is 0 Å². The molecule has 1 fully saturated rings. The Morgan fingerprint density at radius 2 is 2.12 bits per heavy atom. The molecule has 0 radical (unpaired) electrons. The van der Waals surface area contributed by atoms with Gasteiger partial charge in [0.25, 0.3) is 0 Å². The summed E-state index contributed by atoms with van der Waals surface area (Å²) >= 11 is 3.18. The first-order valence-electron chi connectivity index (χ1n) is 5.40. The molecule has 1 aliphatic rings. The SMILES string of the molecule is O=C(OCc1ccccc1)N1C[C@@H](F)[C@@H](Br)C1. The van der Waals surface area contributed by atoms with Crippen LogP contribution >= 0.6 is 15.9 Å². The Morgan fingerprint density at radius 1 is 1.41 bits per heavy atom. The molecule has 0 spiro atoms. The zero-order chi connectivity index (χ0) is 12.3. The van der Waals surface area contributed by atoms with E-state index in [1.54, 1.807) is 0 Å². The van der Waals surface area contributed by atoms with Gasteiger partial charge in [0, 0.05) is 6.54 Å². The van der Waals surface area contributed by atoms with E-state index in [4.69, 9.17) is 4.74 Å². The third kappa shape index (κ3) is 3.19. The number of rotatable bonds is 2. The summed E-state index contributed by atoms with van der Waals surface area (Å²) in [6, 6.07) is 9.41. The van der Waals surface area contributed by atoms with Crippen molar-refractivity contribution < 1.29 is 13.9 Å². The highest BCUT2D eigenvalue weighted by Gasteiger charge is 2.34. The van der Waals surface area contributed by atoms with Crippen LogP contribution in [0, 0.1) is 0 Å². The predicted molar refractivity (Wildman–Crippen MR) is 65.8 cm³/mol. The topological polar surface area (TPSA) is 29.5 Å². The number of hydrogen-bond donors (Lipinski definition) is 0. The van der Waals surface area contributed by atoms with E-state index >= 15 is 0 Å². The molecule has 1 aromatic rings. The van der Waals surface area contributed by atoms with Crippen LogP contribution in [0.15, 0.2) is 30.3 Å². The molecule has 1 aliphatic heterocycles. The minimum Gasteiger partial charge on any atom is -0.445 e. The standard InChI is InChI=1S/C12H13BrFNO2/c13-10-6-15(7-11(10)14)12(16)17-8-9-4-2-1-3-5-9/h1-5,10-11H,6-8H2/t10-,11+/m0/s1. The van der Waals surface area contributed by atoms with Crippen molar-refractivity contribution in [2.24, 2.45) is 0 Å². The molecule has 2 atom stereocenters. The second kappa shape index (κ2) is 5.49. The number of likely N-dealkylation sites (tertiary alicyclic amines) is 1. The van der Waals surface area contributed by atoms with Crippen LogP contribution in [-0.4, -0.2) is 35.1 Å². The van der Waals surface area contributed by atoms with E-state index in [9.17, 15) is 9.18 Å². The molecular formula is C12H13BrFNO2. The Balaban J connectivity index is 1.82. The molecule has 0 bridgehead atoms. The van der Waals surface area contributed by atoms with E-state index in [-0.39, 0.29) is 18.0 Å². The van der Waals surface area contributed by atoms with Gasteiger partial charge in [0.05, 0.1) is 11.4 Å². The van der Waals surface area contributed by atoms with Gasteiger partial charge >= 0.3 is 6.09 Å². The van der Waals surface area contributed by atoms with Crippen LogP contribution < -0.4 is 0 Å². The third-order valence-corrected chi connectivity index (χ3v) is 3.51. The number of carbonyl (C=O) groups excluding carboxylic acids is 1. The zero-order valence-corrected chi connectivity index (χ0v) is 10.8. The molecule has 0 saturated carbocycles. The van der Waals surface area contributed by atoms with Crippen molar-refractivity contribution >= 4 is 22.0 Å². The molecule has 1 amide bonds. The van der Waals surface area contributed by atoms with E-state index in [1.165, 1.54) is 4.90 Å². The van der Waals surface area contributed by atoms with Crippen molar-refractivity contribution in [3.63, 3.8) is 0 Å². The molecular weight excluding hydrogens is 289 g/mol. The number of alkyl halides is 2. The Hall–Kier alpha value is -1.10. The van der Waals surface area contributed by atoms with Crippen molar-refractivity contribution in [3.8, 4) is 0 Å². The van der Waals surface area contributed by atoms with Gasteiger partial charge in [-0.15, -0.1) is 0 Å². The van der Waals surface area contributed by atoms with Gasteiger partial charge in [0.2, 0.25) is 0 Å².